The number of carbonyl (C=O) groups is 2. The zero-order valence-electron chi connectivity index (χ0n) is 14.1. The van der Waals surface area contributed by atoms with Crippen molar-refractivity contribution in [2.24, 2.45) is 5.41 Å². The van der Waals surface area contributed by atoms with E-state index in [2.05, 4.69) is 0 Å². The van der Waals surface area contributed by atoms with Crippen LogP contribution in [0.1, 0.15) is 48.5 Å². The Morgan fingerprint density at radius 2 is 1.52 bits per heavy atom. The summed E-state index contributed by atoms with van der Waals surface area (Å²) in [5, 5.41) is 0. The van der Waals surface area contributed by atoms with Crippen molar-refractivity contribution in [2.75, 3.05) is 19.8 Å². The largest absolute Gasteiger partial charge is 0.508 e. The number of hydrogen-bond acceptors (Lipinski definition) is 6. The molecule has 0 bridgehead atoms. The third kappa shape index (κ3) is 11.1. The fraction of sp³-hybridized carbons (Fsp3) is 0.867. The number of carbonyl (C=O) groups excluding carboxylic acids is 2. The molecule has 21 heavy (non-hydrogen) atoms. The number of ether oxygens (including phenoxy) is 4. The molecule has 0 aromatic heterocycles. The van der Waals surface area contributed by atoms with Crippen molar-refractivity contribution >= 4 is 12.1 Å². The summed E-state index contributed by atoms with van der Waals surface area (Å²) < 4.78 is 20.2. The van der Waals surface area contributed by atoms with Crippen LogP contribution in [-0.4, -0.2) is 43.7 Å². The van der Waals surface area contributed by atoms with E-state index in [9.17, 15) is 9.59 Å². The van der Waals surface area contributed by atoms with E-state index in [1.807, 2.05) is 20.8 Å². The molecule has 1 unspecified atom stereocenters. The number of hydrogen-bond donors (Lipinski definition) is 0. The fourth-order valence-corrected chi connectivity index (χ4v) is 1.11. The molecule has 0 aliphatic carbocycles. The van der Waals surface area contributed by atoms with Crippen molar-refractivity contribution in [3.63, 3.8) is 0 Å². The van der Waals surface area contributed by atoms with Crippen molar-refractivity contribution < 1.29 is 28.5 Å². The van der Waals surface area contributed by atoms with E-state index in [4.69, 9.17) is 18.9 Å². The van der Waals surface area contributed by atoms with Gasteiger partial charge >= 0.3 is 12.1 Å². The zero-order valence-corrected chi connectivity index (χ0v) is 14.1. The Morgan fingerprint density at radius 3 is 2.00 bits per heavy atom. The van der Waals surface area contributed by atoms with Gasteiger partial charge < -0.3 is 18.9 Å². The zero-order chi connectivity index (χ0) is 16.7. The maximum atomic E-state index is 11.5. The molecule has 0 amide bonds. The smallest absolute Gasteiger partial charge is 0.461 e. The number of rotatable bonds is 6. The van der Waals surface area contributed by atoms with Gasteiger partial charge in [0.1, 0.15) is 19.3 Å². The molecule has 1 atom stereocenters. The Morgan fingerprint density at radius 1 is 0.952 bits per heavy atom. The first-order valence-electron chi connectivity index (χ1n) is 7.06. The summed E-state index contributed by atoms with van der Waals surface area (Å²) in [4.78, 5) is 22.9. The highest BCUT2D eigenvalue weighted by Gasteiger charge is 2.24. The fourth-order valence-electron chi connectivity index (χ4n) is 1.11. The van der Waals surface area contributed by atoms with Crippen molar-refractivity contribution in [3.8, 4) is 0 Å². The van der Waals surface area contributed by atoms with Gasteiger partial charge in [-0.25, -0.2) is 4.79 Å². The standard InChI is InChI=1S/C15H28O6/c1-11(10-19-12(16)14(2,3)4)21-13(17)18-8-9-20-15(5,6)7/h11H,8-10H2,1-7H3. The van der Waals surface area contributed by atoms with Gasteiger partial charge in [-0.1, -0.05) is 0 Å². The molecule has 0 spiro atoms. The molecule has 0 rings (SSSR count). The molecular weight excluding hydrogens is 276 g/mol. The van der Waals surface area contributed by atoms with Crippen LogP contribution in [0.25, 0.3) is 0 Å². The van der Waals surface area contributed by atoms with Crippen LogP contribution in [-0.2, 0) is 23.7 Å². The van der Waals surface area contributed by atoms with E-state index in [1.165, 1.54) is 0 Å². The van der Waals surface area contributed by atoms with Crippen LogP contribution < -0.4 is 0 Å². The molecule has 0 saturated heterocycles. The normalized spacial score (nSPS) is 13.5. The summed E-state index contributed by atoms with van der Waals surface area (Å²) in [6.07, 6.45) is -1.36. The van der Waals surface area contributed by atoms with E-state index >= 15 is 0 Å². The van der Waals surface area contributed by atoms with Gasteiger partial charge in [-0.05, 0) is 48.5 Å². The quantitative estimate of drug-likeness (QED) is 0.555. The molecular formula is C15H28O6. The maximum absolute atomic E-state index is 11.5. The minimum absolute atomic E-state index is 0.00367. The highest BCUT2D eigenvalue weighted by atomic mass is 16.7. The van der Waals surface area contributed by atoms with Crippen molar-refractivity contribution in [1.29, 1.82) is 0 Å². The van der Waals surface area contributed by atoms with Crippen LogP contribution in [0.4, 0.5) is 4.79 Å². The Labute approximate surface area is 127 Å². The molecule has 124 valence electrons. The minimum Gasteiger partial charge on any atom is -0.461 e. The SMILES string of the molecule is CC(COC(=O)C(C)(C)C)OC(=O)OCCOC(C)(C)C. The molecule has 0 radical (unpaired) electrons. The second-order valence-corrected chi connectivity index (χ2v) is 6.84. The predicted molar refractivity (Wildman–Crippen MR) is 78.0 cm³/mol. The lowest BCUT2D eigenvalue weighted by Crippen LogP contribution is -2.29. The monoisotopic (exact) mass is 304 g/mol. The molecule has 0 fully saturated rings. The number of esters is 1. The lowest BCUT2D eigenvalue weighted by molar-refractivity contribution is -0.156. The van der Waals surface area contributed by atoms with Crippen LogP contribution in [0.3, 0.4) is 0 Å². The molecule has 0 aliphatic rings. The molecule has 6 heteroatoms. The van der Waals surface area contributed by atoms with Crippen LogP contribution in [0.15, 0.2) is 0 Å². The van der Waals surface area contributed by atoms with E-state index in [-0.39, 0.29) is 24.8 Å². The van der Waals surface area contributed by atoms with Crippen LogP contribution in [0.5, 0.6) is 0 Å². The van der Waals surface area contributed by atoms with E-state index in [0.29, 0.717) is 6.61 Å². The molecule has 0 aromatic carbocycles. The van der Waals surface area contributed by atoms with Gasteiger partial charge in [0.15, 0.2) is 0 Å². The summed E-state index contributed by atoms with van der Waals surface area (Å²) in [7, 11) is 0. The summed E-state index contributed by atoms with van der Waals surface area (Å²) in [5.41, 5.74) is -0.855. The van der Waals surface area contributed by atoms with E-state index in [1.54, 1.807) is 27.7 Å². The third-order valence-electron chi connectivity index (χ3n) is 2.20. The first-order chi connectivity index (χ1) is 9.42. The lowest BCUT2D eigenvalue weighted by Gasteiger charge is -2.20. The van der Waals surface area contributed by atoms with Gasteiger partial charge in [-0.2, -0.15) is 0 Å². The molecule has 0 aromatic rings. The lowest BCUT2D eigenvalue weighted by atomic mass is 9.97. The van der Waals surface area contributed by atoms with Crippen LogP contribution in [0.2, 0.25) is 0 Å². The van der Waals surface area contributed by atoms with Gasteiger partial charge in [0.05, 0.1) is 17.6 Å². The van der Waals surface area contributed by atoms with Gasteiger partial charge in [0.2, 0.25) is 0 Å². The first-order valence-corrected chi connectivity index (χ1v) is 7.06. The summed E-state index contributed by atoms with van der Waals surface area (Å²) in [6, 6.07) is 0. The maximum Gasteiger partial charge on any atom is 0.508 e. The average Bonchev–Trinajstić information content (AvgIpc) is 2.29. The Kier molecular flexibility index (Phi) is 7.71. The highest BCUT2D eigenvalue weighted by Crippen LogP contribution is 2.15. The van der Waals surface area contributed by atoms with Gasteiger partial charge in [0, 0.05) is 0 Å². The second-order valence-electron chi connectivity index (χ2n) is 6.84. The predicted octanol–water partition coefficient (Wildman–Crippen LogP) is 2.93. The minimum atomic E-state index is -0.799. The molecule has 0 saturated carbocycles. The Hall–Kier alpha value is -1.30. The van der Waals surface area contributed by atoms with Gasteiger partial charge in [-0.3, -0.25) is 4.79 Å². The Bertz CT molecular complexity index is 337. The third-order valence-corrected chi connectivity index (χ3v) is 2.20. The van der Waals surface area contributed by atoms with Crippen molar-refractivity contribution in [1.82, 2.24) is 0 Å². The molecule has 0 N–H and O–H groups in total. The van der Waals surface area contributed by atoms with Crippen LogP contribution in [0, 0.1) is 5.41 Å². The topological polar surface area (TPSA) is 71.1 Å². The molecule has 0 heterocycles. The highest BCUT2D eigenvalue weighted by molar-refractivity contribution is 5.75. The van der Waals surface area contributed by atoms with Gasteiger partial charge in [-0.15, -0.1) is 0 Å². The van der Waals surface area contributed by atoms with Crippen molar-refractivity contribution in [2.45, 2.75) is 60.2 Å². The second kappa shape index (κ2) is 8.22. The summed E-state index contributed by atoms with van der Waals surface area (Å²) in [5.74, 6) is -0.343. The van der Waals surface area contributed by atoms with Gasteiger partial charge in [0.25, 0.3) is 0 Å². The van der Waals surface area contributed by atoms with E-state index < -0.39 is 17.7 Å². The van der Waals surface area contributed by atoms with E-state index in [0.717, 1.165) is 0 Å². The molecule has 6 nitrogen and oxygen atoms in total. The first kappa shape index (κ1) is 19.7. The molecule has 0 aliphatic heterocycles. The average molecular weight is 304 g/mol. The van der Waals surface area contributed by atoms with Crippen LogP contribution >= 0.6 is 0 Å². The van der Waals surface area contributed by atoms with Crippen molar-refractivity contribution in [3.05, 3.63) is 0 Å². The summed E-state index contributed by atoms with van der Waals surface area (Å²) >= 11 is 0. The Balaban J connectivity index is 3.83. The summed E-state index contributed by atoms with van der Waals surface area (Å²) in [6.45, 7) is 13.0.